The first-order valence-corrected chi connectivity index (χ1v) is 8.86. The number of likely N-dealkylation sites (N-methyl/N-ethyl adjacent to an activating group) is 1. The number of hydrogen-bond acceptors (Lipinski definition) is 4. The molecule has 0 aromatic heterocycles. The highest BCUT2D eigenvalue weighted by Gasteiger charge is 2.53. The van der Waals surface area contributed by atoms with E-state index in [9.17, 15) is 22.8 Å². The van der Waals surface area contributed by atoms with Crippen LogP contribution in [0, 0.1) is 0 Å². The number of amides is 2. The molecule has 28 heavy (non-hydrogen) atoms. The Kier molecular flexibility index (Phi) is 6.82. The predicted octanol–water partition coefficient (Wildman–Crippen LogP) is 1.86. The molecule has 0 radical (unpaired) electrons. The van der Waals surface area contributed by atoms with Crippen molar-refractivity contribution in [1.82, 2.24) is 15.1 Å². The van der Waals surface area contributed by atoms with Crippen LogP contribution in [0.15, 0.2) is 30.3 Å². The van der Waals surface area contributed by atoms with Crippen LogP contribution < -0.4 is 10.2 Å². The third kappa shape index (κ3) is 4.52. The molecule has 0 atom stereocenters. The van der Waals surface area contributed by atoms with E-state index in [1.807, 2.05) is 35.2 Å². The molecule has 1 spiro atoms. The minimum absolute atomic E-state index is 0. The average molecular weight is 421 g/mol. The fourth-order valence-corrected chi connectivity index (χ4v) is 3.80. The molecule has 10 heteroatoms. The van der Waals surface area contributed by atoms with Gasteiger partial charge >= 0.3 is 6.18 Å². The molecule has 6 nitrogen and oxygen atoms in total. The van der Waals surface area contributed by atoms with Gasteiger partial charge in [-0.15, -0.1) is 12.4 Å². The Morgan fingerprint density at radius 3 is 2.39 bits per heavy atom. The van der Waals surface area contributed by atoms with Gasteiger partial charge in [0.1, 0.15) is 18.6 Å². The number of carbonyl (C=O) groups is 2. The van der Waals surface area contributed by atoms with E-state index >= 15 is 0 Å². The summed E-state index contributed by atoms with van der Waals surface area (Å²) in [6.45, 7) is -0.153. The highest BCUT2D eigenvalue weighted by atomic mass is 35.5. The summed E-state index contributed by atoms with van der Waals surface area (Å²) < 4.78 is 37.6. The largest absolute Gasteiger partial charge is 0.406 e. The van der Waals surface area contributed by atoms with Crippen molar-refractivity contribution in [2.24, 2.45) is 0 Å². The molecule has 1 aromatic rings. The van der Waals surface area contributed by atoms with E-state index in [-0.39, 0.29) is 31.5 Å². The maximum Gasteiger partial charge on any atom is 0.406 e. The molecule has 2 amide bonds. The molecule has 3 rings (SSSR count). The smallest absolute Gasteiger partial charge is 0.339 e. The van der Waals surface area contributed by atoms with Gasteiger partial charge in [-0.1, -0.05) is 18.2 Å². The second kappa shape index (κ2) is 8.57. The lowest BCUT2D eigenvalue weighted by Crippen LogP contribution is -2.56. The number of alkyl halides is 3. The van der Waals surface area contributed by atoms with Crippen molar-refractivity contribution in [3.05, 3.63) is 30.3 Å². The number of piperidine rings is 1. The van der Waals surface area contributed by atoms with Crippen LogP contribution in [0.25, 0.3) is 0 Å². The molecule has 2 aliphatic heterocycles. The van der Waals surface area contributed by atoms with Crippen LogP contribution in [-0.4, -0.2) is 73.2 Å². The summed E-state index contributed by atoms with van der Waals surface area (Å²) in [4.78, 5) is 29.4. The lowest BCUT2D eigenvalue weighted by atomic mass is 9.86. The zero-order chi connectivity index (χ0) is 19.7. The number of benzene rings is 1. The molecule has 1 aromatic carbocycles. The zero-order valence-corrected chi connectivity index (χ0v) is 16.4. The van der Waals surface area contributed by atoms with Crippen LogP contribution in [0.1, 0.15) is 12.8 Å². The van der Waals surface area contributed by atoms with E-state index in [1.165, 1.54) is 4.90 Å². The monoisotopic (exact) mass is 420 g/mol. The quantitative estimate of drug-likeness (QED) is 0.808. The lowest BCUT2D eigenvalue weighted by Gasteiger charge is -2.40. The Morgan fingerprint density at radius 2 is 1.82 bits per heavy atom. The standard InChI is InChI=1S/C18H23F3N4O2.ClH/c1-23(12-18(19,20)21)15(26)11-24-13-25(14-5-3-2-4-6-14)17(16(24)27)7-9-22-10-8-17;/h2-6,22H,7-13H2,1H3;1H. The molecule has 0 bridgehead atoms. The molecular formula is C18H24ClF3N4O2. The summed E-state index contributed by atoms with van der Waals surface area (Å²) in [5.74, 6) is -0.915. The van der Waals surface area contributed by atoms with Gasteiger partial charge in [-0.3, -0.25) is 9.59 Å². The zero-order valence-electron chi connectivity index (χ0n) is 15.5. The van der Waals surface area contributed by atoms with Gasteiger partial charge in [-0.2, -0.15) is 13.2 Å². The SMILES string of the molecule is CN(CC(F)(F)F)C(=O)CN1CN(c2ccccc2)C2(CCNCC2)C1=O.Cl. The second-order valence-electron chi connectivity index (χ2n) is 7.05. The number of carbonyl (C=O) groups excluding carboxylic acids is 2. The molecule has 1 N–H and O–H groups in total. The van der Waals surface area contributed by atoms with Gasteiger partial charge in [0.2, 0.25) is 11.8 Å². The van der Waals surface area contributed by atoms with Crippen LogP contribution in [0.3, 0.4) is 0 Å². The highest BCUT2D eigenvalue weighted by molar-refractivity contribution is 5.96. The van der Waals surface area contributed by atoms with E-state index in [4.69, 9.17) is 0 Å². The number of anilines is 1. The van der Waals surface area contributed by atoms with Crippen LogP contribution in [0.4, 0.5) is 18.9 Å². The van der Waals surface area contributed by atoms with Crippen molar-refractivity contribution >= 4 is 29.9 Å². The normalized spacial score (nSPS) is 18.9. The highest BCUT2D eigenvalue weighted by Crippen LogP contribution is 2.38. The number of nitrogens with zero attached hydrogens (tertiary/aromatic N) is 3. The van der Waals surface area contributed by atoms with E-state index < -0.39 is 24.2 Å². The number of hydrogen-bond donors (Lipinski definition) is 1. The predicted molar refractivity (Wildman–Crippen MR) is 101 cm³/mol. The summed E-state index contributed by atoms with van der Waals surface area (Å²) in [6, 6.07) is 9.43. The minimum Gasteiger partial charge on any atom is -0.339 e. The fraction of sp³-hybridized carbons (Fsp3) is 0.556. The van der Waals surface area contributed by atoms with E-state index in [2.05, 4.69) is 5.32 Å². The Hall–Kier alpha value is -2.00. The maximum absolute atomic E-state index is 13.2. The number of para-hydroxylation sites is 1. The third-order valence-corrected chi connectivity index (χ3v) is 5.18. The van der Waals surface area contributed by atoms with Crippen molar-refractivity contribution in [2.45, 2.75) is 24.6 Å². The van der Waals surface area contributed by atoms with Crippen molar-refractivity contribution in [3.8, 4) is 0 Å². The van der Waals surface area contributed by atoms with Gasteiger partial charge in [0.15, 0.2) is 0 Å². The van der Waals surface area contributed by atoms with E-state index in [0.717, 1.165) is 12.7 Å². The average Bonchev–Trinajstić information content (AvgIpc) is 2.87. The van der Waals surface area contributed by atoms with Crippen LogP contribution >= 0.6 is 12.4 Å². The van der Waals surface area contributed by atoms with Crippen molar-refractivity contribution in [1.29, 1.82) is 0 Å². The van der Waals surface area contributed by atoms with Gasteiger partial charge in [0.25, 0.3) is 0 Å². The number of nitrogens with one attached hydrogen (secondary N) is 1. The van der Waals surface area contributed by atoms with Crippen LogP contribution in [-0.2, 0) is 9.59 Å². The summed E-state index contributed by atoms with van der Waals surface area (Å²) in [6.07, 6.45) is -3.29. The Labute approximate surface area is 168 Å². The summed E-state index contributed by atoms with van der Waals surface area (Å²) in [7, 11) is 1.10. The summed E-state index contributed by atoms with van der Waals surface area (Å²) >= 11 is 0. The molecular weight excluding hydrogens is 397 g/mol. The third-order valence-electron chi connectivity index (χ3n) is 5.18. The Balaban J connectivity index is 0.00000280. The molecule has 2 saturated heterocycles. The molecule has 2 heterocycles. The van der Waals surface area contributed by atoms with Crippen molar-refractivity contribution in [3.63, 3.8) is 0 Å². The molecule has 0 saturated carbocycles. The van der Waals surface area contributed by atoms with Crippen molar-refractivity contribution < 1.29 is 22.8 Å². The minimum atomic E-state index is -4.47. The topological polar surface area (TPSA) is 55.9 Å². The van der Waals surface area contributed by atoms with E-state index in [1.54, 1.807) is 0 Å². The first-order chi connectivity index (χ1) is 12.7. The molecule has 2 fully saturated rings. The van der Waals surface area contributed by atoms with Crippen LogP contribution in [0.2, 0.25) is 0 Å². The number of halogens is 4. The Morgan fingerprint density at radius 1 is 1.21 bits per heavy atom. The first-order valence-electron chi connectivity index (χ1n) is 8.86. The molecule has 0 aliphatic carbocycles. The van der Waals surface area contributed by atoms with Gasteiger partial charge in [-0.25, -0.2) is 0 Å². The molecule has 156 valence electrons. The second-order valence-corrected chi connectivity index (χ2v) is 7.05. The van der Waals surface area contributed by atoms with Gasteiger partial charge in [0, 0.05) is 12.7 Å². The fourth-order valence-electron chi connectivity index (χ4n) is 3.80. The van der Waals surface area contributed by atoms with E-state index in [0.29, 0.717) is 30.8 Å². The maximum atomic E-state index is 13.2. The van der Waals surface area contributed by atoms with Gasteiger partial charge < -0.3 is 20.0 Å². The Bertz CT molecular complexity index is 696. The van der Waals surface area contributed by atoms with Gasteiger partial charge in [-0.05, 0) is 38.1 Å². The molecule has 0 unspecified atom stereocenters. The van der Waals surface area contributed by atoms with Crippen molar-refractivity contribution in [2.75, 3.05) is 44.8 Å². The number of rotatable bonds is 4. The summed E-state index contributed by atoms with van der Waals surface area (Å²) in [5.41, 5.74) is 0.113. The summed E-state index contributed by atoms with van der Waals surface area (Å²) in [5, 5.41) is 3.23. The van der Waals surface area contributed by atoms with Crippen LogP contribution in [0.5, 0.6) is 0 Å². The molecule has 2 aliphatic rings. The first kappa shape index (κ1) is 22.3. The van der Waals surface area contributed by atoms with Gasteiger partial charge in [0.05, 0.1) is 6.67 Å². The lowest BCUT2D eigenvalue weighted by molar-refractivity contribution is -0.159.